The molecule has 0 amide bonds. The number of ether oxygens (including phenoxy) is 8. The van der Waals surface area contributed by atoms with E-state index in [0.29, 0.717) is 80.4 Å². The van der Waals surface area contributed by atoms with Crippen LogP contribution in [0.5, 0.6) is 0 Å². The van der Waals surface area contributed by atoms with Gasteiger partial charge >= 0.3 is 35.8 Å². The normalized spacial score (nSPS) is 36.1. The molecule has 0 N–H and O–H groups in total. The van der Waals surface area contributed by atoms with Crippen molar-refractivity contribution in [3.63, 3.8) is 0 Å². The van der Waals surface area contributed by atoms with Crippen molar-refractivity contribution >= 4 is 41.6 Å². The highest BCUT2D eigenvalue weighted by molar-refractivity contribution is 5.85. The van der Waals surface area contributed by atoms with E-state index in [4.69, 9.17) is 37.9 Å². The zero-order valence-corrected chi connectivity index (χ0v) is 60.5. The number of Topliss-reactive ketones (excluding diaryl/α,β-unsaturated/α-hetero) is 1. The first-order chi connectivity index (χ1) is 43.9. The Morgan fingerprint density at radius 2 is 0.967 bits per heavy atom. The van der Waals surface area contributed by atoms with Crippen LogP contribution in [-0.4, -0.2) is 105 Å². The molecule has 2 spiro atoms. The molecule has 15 atom stereocenters. The molecule has 15 nitrogen and oxygen atoms in total. The van der Waals surface area contributed by atoms with E-state index < -0.39 is 0 Å². The van der Waals surface area contributed by atoms with Gasteiger partial charge in [0, 0.05) is 18.3 Å². The van der Waals surface area contributed by atoms with Crippen molar-refractivity contribution in [1.82, 2.24) is 0 Å². The van der Waals surface area contributed by atoms with Crippen LogP contribution in [0.3, 0.4) is 0 Å². The summed E-state index contributed by atoms with van der Waals surface area (Å²) in [5.41, 5.74) is -0.0266. The lowest BCUT2D eigenvalue weighted by atomic mass is 9.68. The Bertz CT molecular complexity index is 1980. The molecule has 9 saturated carbocycles. The van der Waals surface area contributed by atoms with Crippen molar-refractivity contribution in [3.05, 3.63) is 0 Å². The fraction of sp³-hybridized carbons (Fsp3) is 0.907. The topological polar surface area (TPSA) is 193 Å². The van der Waals surface area contributed by atoms with Gasteiger partial charge < -0.3 is 37.9 Å². The second-order valence-corrected chi connectivity index (χ2v) is 25.0. The smallest absolute Gasteiger partial charge is 0.312 e. The maximum absolute atomic E-state index is 11.6. The van der Waals surface area contributed by atoms with Crippen molar-refractivity contribution in [2.75, 3.05) is 26.4 Å². The summed E-state index contributed by atoms with van der Waals surface area (Å²) in [5.74, 6) is 6.65. The zero-order valence-electron chi connectivity index (χ0n) is 60.5. The monoisotopic (exact) mass is 1270 g/mol. The maximum Gasteiger partial charge on any atom is 0.312 e. The average Bonchev–Trinajstić information content (AvgIpc) is 1.66. The Kier molecular flexibility index (Phi) is 40.5. The van der Waals surface area contributed by atoms with Gasteiger partial charge in [0.15, 0.2) is 5.78 Å². The highest BCUT2D eigenvalue weighted by Gasteiger charge is 2.59. The van der Waals surface area contributed by atoms with Crippen LogP contribution in [0, 0.1) is 70.0 Å². The van der Waals surface area contributed by atoms with Gasteiger partial charge in [-0.25, -0.2) is 0 Å². The number of esters is 6. The summed E-state index contributed by atoms with van der Waals surface area (Å²) in [4.78, 5) is 77.5. The van der Waals surface area contributed by atoms with Crippen LogP contribution in [0.1, 0.15) is 304 Å². The predicted octanol–water partition coefficient (Wildman–Crippen LogP) is 17.5. The van der Waals surface area contributed by atoms with E-state index in [1.807, 2.05) is 125 Å². The molecule has 0 aromatic heterocycles. The molecule has 9 aliphatic carbocycles. The van der Waals surface area contributed by atoms with Crippen molar-refractivity contribution < 1.29 is 71.5 Å². The van der Waals surface area contributed by atoms with Gasteiger partial charge in [-0.1, -0.05) is 157 Å². The SMILES string of the molecule is CC.CC.CC.CC.CC.CC.CC.CC.CC.O=C1CC2CCCC2O1.O=C1CC2OCCC2O1.O=C1COC2CCCC12.O=C1OC2CC3CC(C2)CC1C3.O=C1OC2CC3CC2CC13.O=C1OCCC12CC1CCC2C1.O=C1OCCC12CCCCC2. The molecule has 524 valence electrons. The minimum absolute atomic E-state index is 0.00289. The van der Waals surface area contributed by atoms with Crippen LogP contribution in [-0.2, 0) is 71.5 Å². The third-order valence-electron chi connectivity index (χ3n) is 20.7. The van der Waals surface area contributed by atoms with Crippen LogP contribution < -0.4 is 0 Å². The molecular weight excluding hydrogens is 1140 g/mol. The van der Waals surface area contributed by atoms with E-state index >= 15 is 0 Å². The van der Waals surface area contributed by atoms with Gasteiger partial charge in [0.1, 0.15) is 37.1 Å². The zero-order chi connectivity index (χ0) is 67.6. The summed E-state index contributed by atoms with van der Waals surface area (Å²) in [6.45, 7) is 38.5. The molecule has 10 aliphatic heterocycles. The summed E-state index contributed by atoms with van der Waals surface area (Å²) < 4.78 is 41.1. The number of hydrogen-bond acceptors (Lipinski definition) is 15. The lowest BCUT2D eigenvalue weighted by Gasteiger charge is -2.35. The Morgan fingerprint density at radius 1 is 0.367 bits per heavy atom. The fourth-order valence-corrected chi connectivity index (χ4v) is 17.0. The molecule has 15 unspecified atom stereocenters. The van der Waals surface area contributed by atoms with Crippen molar-refractivity contribution in [1.29, 1.82) is 0 Å². The first-order valence-corrected chi connectivity index (χ1v) is 37.8. The van der Waals surface area contributed by atoms with Gasteiger partial charge in [-0.05, 0) is 164 Å². The minimum atomic E-state index is -0.107. The molecule has 19 aliphatic rings. The van der Waals surface area contributed by atoms with Gasteiger partial charge in [-0.3, -0.25) is 33.6 Å². The third-order valence-corrected chi connectivity index (χ3v) is 20.7. The third kappa shape index (κ3) is 22.0. The van der Waals surface area contributed by atoms with Crippen LogP contribution in [0.4, 0.5) is 0 Å². The largest absolute Gasteiger partial charge is 0.465 e. The highest BCUT2D eigenvalue weighted by Crippen LogP contribution is 2.60. The van der Waals surface area contributed by atoms with Gasteiger partial charge in [0.05, 0.1) is 61.4 Å². The van der Waals surface area contributed by atoms with E-state index in [9.17, 15) is 33.6 Å². The van der Waals surface area contributed by atoms with Crippen molar-refractivity contribution in [2.24, 2.45) is 70.0 Å². The van der Waals surface area contributed by atoms with E-state index in [1.54, 1.807) is 0 Å². The quantitative estimate of drug-likeness (QED) is 0.164. The molecule has 0 aromatic carbocycles. The van der Waals surface area contributed by atoms with Crippen LogP contribution >= 0.6 is 0 Å². The number of ketones is 1. The highest BCUT2D eigenvalue weighted by atomic mass is 16.6. The Balaban J connectivity index is 0.000000344. The second kappa shape index (κ2) is 44.1. The minimum Gasteiger partial charge on any atom is -0.465 e. The Hall–Kier alpha value is -3.59. The average molecular weight is 1280 g/mol. The molecule has 0 aromatic rings. The van der Waals surface area contributed by atoms with E-state index in [0.717, 1.165) is 120 Å². The van der Waals surface area contributed by atoms with E-state index in [-0.39, 0.29) is 76.8 Å². The molecule has 19 rings (SSSR count). The van der Waals surface area contributed by atoms with Gasteiger partial charge in [0.25, 0.3) is 0 Å². The molecule has 19 fully saturated rings. The molecule has 10 heterocycles. The molecule has 15 heteroatoms. The second-order valence-electron chi connectivity index (χ2n) is 25.0. The maximum atomic E-state index is 11.6. The summed E-state index contributed by atoms with van der Waals surface area (Å²) >= 11 is 0. The standard InChI is InChI=1S/2C10H14O2.C9H14O2.C8H10O2.2C7H10O2.C6H8O3.9C2H6/c11-10-8-2-6-1-7(3-8)5-9(4-6)12-10;11-9-10(3-4-12-9)6-7-1-2-8(10)5-7;10-8-9(6-7-11-8)4-2-1-3-5-9;9-8-6-2-5-1-4(6)3-7(5)10-8;8-6-4-9-7-3-1-2-5(6)7;8-7-4-5-2-1-3-6(5)9-7;7-6-3-5-4(9-6)1-2-8-5;9*1-2/h6-9H,1-5H2;7-8H,1-6H2;1-7H2;4-7H,1-3H2;5,7H,1-4H2;5-6H,1-4H2;4-5H,1-3H2;9*1-2H3. The molecule has 0 radical (unpaired) electrons. The van der Waals surface area contributed by atoms with E-state index in [2.05, 4.69) is 0 Å². The lowest BCUT2D eigenvalue weighted by Crippen LogP contribution is -2.39. The Labute approximate surface area is 548 Å². The summed E-state index contributed by atoms with van der Waals surface area (Å²) in [6, 6.07) is 0. The van der Waals surface area contributed by atoms with Gasteiger partial charge in [-0.2, -0.15) is 0 Å². The lowest BCUT2D eigenvalue weighted by molar-refractivity contribution is -0.169. The van der Waals surface area contributed by atoms with Crippen molar-refractivity contribution in [2.45, 2.75) is 341 Å². The number of carbonyl (C=O) groups is 7. The molecule has 10 saturated heterocycles. The van der Waals surface area contributed by atoms with Crippen LogP contribution in [0.15, 0.2) is 0 Å². The van der Waals surface area contributed by atoms with E-state index in [1.165, 1.54) is 77.0 Å². The summed E-state index contributed by atoms with van der Waals surface area (Å²) in [5, 5.41) is 0. The molecule has 10 bridgehead atoms. The number of rotatable bonds is 0. The van der Waals surface area contributed by atoms with Crippen LogP contribution in [0.2, 0.25) is 0 Å². The molecular formula is C75H134O15. The first-order valence-electron chi connectivity index (χ1n) is 37.8. The first kappa shape index (κ1) is 82.5. The van der Waals surface area contributed by atoms with Crippen molar-refractivity contribution in [3.8, 4) is 0 Å². The van der Waals surface area contributed by atoms with Gasteiger partial charge in [-0.15, -0.1) is 0 Å². The number of fused-ring (bicyclic) bond motifs is 8. The van der Waals surface area contributed by atoms with Crippen LogP contribution in [0.25, 0.3) is 0 Å². The molecule has 90 heavy (non-hydrogen) atoms. The number of carbonyl (C=O) groups excluding carboxylic acids is 7. The van der Waals surface area contributed by atoms with Gasteiger partial charge in [0.2, 0.25) is 0 Å². The summed E-state index contributed by atoms with van der Waals surface area (Å²) in [7, 11) is 0. The Morgan fingerprint density at radius 3 is 1.48 bits per heavy atom. The summed E-state index contributed by atoms with van der Waals surface area (Å²) in [6.07, 6.45) is 32.7. The number of cyclic esters (lactones) is 2. The number of hydrogen-bond donors (Lipinski definition) is 0. The predicted molar refractivity (Wildman–Crippen MR) is 357 cm³/mol. The fourth-order valence-electron chi connectivity index (χ4n) is 17.0.